The summed E-state index contributed by atoms with van der Waals surface area (Å²) in [6, 6.07) is 11.2. The van der Waals surface area contributed by atoms with Crippen molar-refractivity contribution in [3.8, 4) is 22.9 Å². The average Bonchev–Trinajstić information content (AvgIpc) is 3.26. The molecule has 0 N–H and O–H groups in total. The van der Waals surface area contributed by atoms with Crippen LogP contribution in [0.1, 0.15) is 10.4 Å². The Morgan fingerprint density at radius 2 is 1.92 bits per heavy atom. The first kappa shape index (κ1) is 16.6. The van der Waals surface area contributed by atoms with Crippen LogP contribution < -0.4 is 9.47 Å². The Morgan fingerprint density at radius 3 is 2.73 bits per heavy atom. The van der Waals surface area contributed by atoms with Crippen LogP contribution in [0.15, 0.2) is 47.6 Å². The lowest BCUT2D eigenvalue weighted by molar-refractivity contribution is 0.102. The van der Waals surface area contributed by atoms with Crippen molar-refractivity contribution in [2.24, 2.45) is 7.05 Å². The van der Waals surface area contributed by atoms with Crippen LogP contribution in [0.3, 0.4) is 0 Å². The summed E-state index contributed by atoms with van der Waals surface area (Å²) in [5.41, 5.74) is 1.32. The van der Waals surface area contributed by atoms with E-state index in [1.807, 2.05) is 7.05 Å². The highest BCUT2D eigenvalue weighted by atomic mass is 32.2. The number of hydrogen-bond acceptors (Lipinski definition) is 6. The van der Waals surface area contributed by atoms with Gasteiger partial charge in [0, 0.05) is 18.2 Å². The summed E-state index contributed by atoms with van der Waals surface area (Å²) in [7, 11) is 1.81. The number of fused-ring (bicyclic) bond motifs is 1. The molecular formula is C18H14FN3O3S. The molecule has 3 aromatic rings. The standard InChI is InChI=1S/C18H14FN3O3S/c1-22-17(11-2-5-13(19)6-3-11)20-21-18(22)26-9-14(23)12-4-7-15-16(8-12)25-10-24-15/h2-8H,9-10H2,1H3. The molecule has 2 aromatic carbocycles. The normalized spacial score (nSPS) is 12.4. The van der Waals surface area contributed by atoms with E-state index >= 15 is 0 Å². The molecule has 1 aliphatic heterocycles. The maximum Gasteiger partial charge on any atom is 0.231 e. The highest BCUT2D eigenvalue weighted by Crippen LogP contribution is 2.33. The van der Waals surface area contributed by atoms with E-state index in [9.17, 15) is 9.18 Å². The van der Waals surface area contributed by atoms with Crippen molar-refractivity contribution in [2.75, 3.05) is 12.5 Å². The van der Waals surface area contributed by atoms with Crippen molar-refractivity contribution in [2.45, 2.75) is 5.16 Å². The highest BCUT2D eigenvalue weighted by molar-refractivity contribution is 7.99. The van der Waals surface area contributed by atoms with Gasteiger partial charge in [0.05, 0.1) is 5.75 Å². The fraction of sp³-hybridized carbons (Fsp3) is 0.167. The molecule has 26 heavy (non-hydrogen) atoms. The third-order valence-corrected chi connectivity index (χ3v) is 4.98. The molecule has 0 amide bonds. The van der Waals surface area contributed by atoms with Gasteiger partial charge in [-0.15, -0.1) is 10.2 Å². The van der Waals surface area contributed by atoms with E-state index in [0.717, 1.165) is 5.56 Å². The topological polar surface area (TPSA) is 66.2 Å². The van der Waals surface area contributed by atoms with Gasteiger partial charge in [-0.25, -0.2) is 4.39 Å². The quantitative estimate of drug-likeness (QED) is 0.506. The van der Waals surface area contributed by atoms with Crippen LogP contribution in [0, 0.1) is 5.82 Å². The maximum atomic E-state index is 13.1. The number of benzene rings is 2. The second-order valence-electron chi connectivity index (χ2n) is 5.65. The van der Waals surface area contributed by atoms with Crippen LogP contribution in [0.5, 0.6) is 11.5 Å². The van der Waals surface area contributed by atoms with Crippen molar-refractivity contribution in [3.05, 3.63) is 53.8 Å². The third kappa shape index (κ3) is 3.15. The minimum Gasteiger partial charge on any atom is -0.454 e. The number of aromatic nitrogens is 3. The molecular weight excluding hydrogens is 357 g/mol. The monoisotopic (exact) mass is 371 g/mol. The number of carbonyl (C=O) groups is 1. The molecule has 6 nitrogen and oxygen atoms in total. The average molecular weight is 371 g/mol. The van der Waals surface area contributed by atoms with Gasteiger partial charge in [-0.1, -0.05) is 11.8 Å². The zero-order valence-corrected chi connectivity index (χ0v) is 14.6. The van der Waals surface area contributed by atoms with Crippen LogP contribution in [0.2, 0.25) is 0 Å². The Morgan fingerprint density at radius 1 is 1.15 bits per heavy atom. The summed E-state index contributed by atoms with van der Waals surface area (Å²) in [6.45, 7) is 0.173. The first-order valence-corrected chi connectivity index (χ1v) is 8.81. The van der Waals surface area contributed by atoms with Crippen molar-refractivity contribution in [1.82, 2.24) is 14.8 Å². The van der Waals surface area contributed by atoms with E-state index < -0.39 is 0 Å². The number of hydrogen-bond donors (Lipinski definition) is 0. The van der Waals surface area contributed by atoms with Crippen molar-refractivity contribution < 1.29 is 18.7 Å². The van der Waals surface area contributed by atoms with E-state index in [1.54, 1.807) is 34.9 Å². The molecule has 1 aromatic heterocycles. The number of nitrogens with zero attached hydrogens (tertiary/aromatic N) is 3. The Labute approximate surface area is 153 Å². The number of carbonyl (C=O) groups excluding carboxylic acids is 1. The molecule has 132 valence electrons. The van der Waals surface area contributed by atoms with Crippen LogP contribution in [0.25, 0.3) is 11.4 Å². The summed E-state index contributed by atoms with van der Waals surface area (Å²) in [6.07, 6.45) is 0. The minimum absolute atomic E-state index is 0.0420. The lowest BCUT2D eigenvalue weighted by Gasteiger charge is -2.04. The number of Topliss-reactive ketones (excluding diaryl/α,β-unsaturated/α-hetero) is 1. The molecule has 8 heteroatoms. The molecule has 0 unspecified atom stereocenters. The van der Waals surface area contributed by atoms with E-state index in [0.29, 0.717) is 28.0 Å². The highest BCUT2D eigenvalue weighted by Gasteiger charge is 2.18. The first-order chi connectivity index (χ1) is 12.6. The van der Waals surface area contributed by atoms with Gasteiger partial charge in [0.25, 0.3) is 0 Å². The van der Waals surface area contributed by atoms with Gasteiger partial charge in [-0.2, -0.15) is 0 Å². The Bertz CT molecular complexity index is 972. The Balaban J connectivity index is 1.46. The van der Waals surface area contributed by atoms with Gasteiger partial charge in [0.1, 0.15) is 5.82 Å². The smallest absolute Gasteiger partial charge is 0.231 e. The molecule has 0 saturated carbocycles. The second kappa shape index (κ2) is 6.80. The van der Waals surface area contributed by atoms with Crippen molar-refractivity contribution in [1.29, 1.82) is 0 Å². The summed E-state index contributed by atoms with van der Waals surface area (Å²) < 4.78 is 25.4. The van der Waals surface area contributed by atoms with Gasteiger partial charge in [-0.05, 0) is 42.5 Å². The first-order valence-electron chi connectivity index (χ1n) is 7.83. The van der Waals surface area contributed by atoms with Gasteiger partial charge in [-0.3, -0.25) is 4.79 Å². The van der Waals surface area contributed by atoms with E-state index in [1.165, 1.54) is 23.9 Å². The van der Waals surface area contributed by atoms with Gasteiger partial charge in [0.2, 0.25) is 6.79 Å². The molecule has 0 fully saturated rings. The number of thioether (sulfide) groups is 1. The van der Waals surface area contributed by atoms with Gasteiger partial charge in [0.15, 0.2) is 28.3 Å². The number of rotatable bonds is 5. The lowest BCUT2D eigenvalue weighted by Crippen LogP contribution is -2.04. The summed E-state index contributed by atoms with van der Waals surface area (Å²) in [4.78, 5) is 12.4. The van der Waals surface area contributed by atoms with Crippen LogP contribution in [0.4, 0.5) is 4.39 Å². The van der Waals surface area contributed by atoms with E-state index in [2.05, 4.69) is 10.2 Å². The number of ether oxygens (including phenoxy) is 2. The molecule has 0 aliphatic carbocycles. The number of halogens is 1. The lowest BCUT2D eigenvalue weighted by atomic mass is 10.1. The van der Waals surface area contributed by atoms with E-state index in [-0.39, 0.29) is 24.1 Å². The summed E-state index contributed by atoms with van der Waals surface area (Å²) in [5.74, 6) is 1.71. The molecule has 0 saturated heterocycles. The van der Waals surface area contributed by atoms with Crippen molar-refractivity contribution >= 4 is 17.5 Å². The molecule has 4 rings (SSSR count). The second-order valence-corrected chi connectivity index (χ2v) is 6.59. The van der Waals surface area contributed by atoms with Gasteiger partial charge >= 0.3 is 0 Å². The zero-order chi connectivity index (χ0) is 18.1. The van der Waals surface area contributed by atoms with Gasteiger partial charge < -0.3 is 14.0 Å². The van der Waals surface area contributed by atoms with Crippen molar-refractivity contribution in [3.63, 3.8) is 0 Å². The fourth-order valence-corrected chi connectivity index (χ4v) is 3.38. The molecule has 2 heterocycles. The minimum atomic E-state index is -0.306. The summed E-state index contributed by atoms with van der Waals surface area (Å²) >= 11 is 1.30. The molecule has 1 aliphatic rings. The predicted molar refractivity (Wildman–Crippen MR) is 94.0 cm³/mol. The molecule has 0 spiro atoms. The molecule has 0 atom stereocenters. The van der Waals surface area contributed by atoms with E-state index in [4.69, 9.17) is 9.47 Å². The maximum absolute atomic E-state index is 13.1. The SMILES string of the molecule is Cn1c(SCC(=O)c2ccc3c(c2)OCO3)nnc1-c1ccc(F)cc1. The molecule has 0 bridgehead atoms. The number of ketones is 1. The van der Waals surface area contributed by atoms with Crippen LogP contribution in [-0.2, 0) is 7.05 Å². The Kier molecular flexibility index (Phi) is 4.34. The fourth-order valence-electron chi connectivity index (χ4n) is 2.57. The zero-order valence-electron chi connectivity index (χ0n) is 13.8. The summed E-state index contributed by atoms with van der Waals surface area (Å²) in [5, 5.41) is 8.87. The third-order valence-electron chi connectivity index (χ3n) is 3.96. The Hall–Kier alpha value is -2.87. The largest absolute Gasteiger partial charge is 0.454 e. The molecule has 0 radical (unpaired) electrons. The predicted octanol–water partition coefficient (Wildman–Crippen LogP) is 3.32. The van der Waals surface area contributed by atoms with Crippen LogP contribution >= 0.6 is 11.8 Å². The van der Waals surface area contributed by atoms with Crippen LogP contribution in [-0.4, -0.2) is 33.1 Å².